The second-order valence-electron chi connectivity index (χ2n) is 5.44. The highest BCUT2D eigenvalue weighted by Gasteiger charge is 2.20. The normalized spacial score (nSPS) is 10.5. The average Bonchev–Trinajstić information content (AvgIpc) is 3.26. The molecule has 8 nitrogen and oxygen atoms in total. The number of urea groups is 1. The van der Waals surface area contributed by atoms with Crippen LogP contribution in [0.25, 0.3) is 11.0 Å². The van der Waals surface area contributed by atoms with Gasteiger partial charge in [0.25, 0.3) is 5.91 Å². The minimum Gasteiger partial charge on any atom is -0.467 e. The Morgan fingerprint density at radius 1 is 1.12 bits per heavy atom. The summed E-state index contributed by atoms with van der Waals surface area (Å²) in [6, 6.07) is 9.81. The number of esters is 1. The van der Waals surface area contributed by atoms with E-state index in [9.17, 15) is 14.4 Å². The third-order valence-corrected chi connectivity index (χ3v) is 3.62. The molecular weight excluding hydrogens is 340 g/mol. The van der Waals surface area contributed by atoms with E-state index in [-0.39, 0.29) is 12.3 Å². The average molecular weight is 356 g/mol. The standard InChI is InChI=1S/C18H16N2O6/c1-11-13-6-2-3-7-14(13)26-16(11)17(22)25-10-15(21)20-18(23)19-9-12-5-4-8-24-12/h2-8H,9-10H2,1H3,(H2,19,20,21,23). The number of carbonyl (C=O) groups excluding carboxylic acids is 3. The number of carbonyl (C=O) groups is 3. The van der Waals surface area contributed by atoms with Crippen molar-refractivity contribution in [3.63, 3.8) is 0 Å². The molecule has 0 atom stereocenters. The summed E-state index contributed by atoms with van der Waals surface area (Å²) in [5.41, 5.74) is 1.18. The van der Waals surface area contributed by atoms with Crippen LogP contribution in [0, 0.1) is 6.92 Å². The van der Waals surface area contributed by atoms with Crippen molar-refractivity contribution < 1.29 is 28.0 Å². The van der Waals surface area contributed by atoms with E-state index >= 15 is 0 Å². The number of furan rings is 2. The summed E-state index contributed by atoms with van der Waals surface area (Å²) in [5, 5.41) is 5.28. The van der Waals surface area contributed by atoms with Crippen LogP contribution >= 0.6 is 0 Å². The van der Waals surface area contributed by atoms with Crippen LogP contribution in [0.4, 0.5) is 4.79 Å². The van der Waals surface area contributed by atoms with Crippen molar-refractivity contribution in [2.45, 2.75) is 13.5 Å². The lowest BCUT2D eigenvalue weighted by Crippen LogP contribution is -2.41. The fourth-order valence-electron chi connectivity index (χ4n) is 2.35. The highest BCUT2D eigenvalue weighted by atomic mass is 16.5. The van der Waals surface area contributed by atoms with Crippen molar-refractivity contribution in [3.8, 4) is 0 Å². The van der Waals surface area contributed by atoms with Gasteiger partial charge in [-0.3, -0.25) is 10.1 Å². The van der Waals surface area contributed by atoms with E-state index < -0.39 is 24.5 Å². The van der Waals surface area contributed by atoms with Gasteiger partial charge in [0.15, 0.2) is 6.61 Å². The van der Waals surface area contributed by atoms with Crippen LogP contribution in [0.2, 0.25) is 0 Å². The van der Waals surface area contributed by atoms with E-state index in [0.717, 1.165) is 5.39 Å². The molecule has 0 aliphatic heterocycles. The lowest BCUT2D eigenvalue weighted by Gasteiger charge is -2.06. The first kappa shape index (κ1) is 17.3. The molecular formula is C18H16N2O6. The molecule has 26 heavy (non-hydrogen) atoms. The number of amides is 3. The van der Waals surface area contributed by atoms with Crippen LogP contribution in [0.1, 0.15) is 21.9 Å². The van der Waals surface area contributed by atoms with Gasteiger partial charge in [0, 0.05) is 10.9 Å². The first-order chi connectivity index (χ1) is 12.5. The summed E-state index contributed by atoms with van der Waals surface area (Å²) >= 11 is 0. The second kappa shape index (κ2) is 7.56. The van der Waals surface area contributed by atoms with Crippen molar-refractivity contribution in [1.29, 1.82) is 0 Å². The number of benzene rings is 1. The maximum Gasteiger partial charge on any atom is 0.375 e. The van der Waals surface area contributed by atoms with E-state index in [1.165, 1.54) is 6.26 Å². The highest BCUT2D eigenvalue weighted by Crippen LogP contribution is 2.25. The Hall–Kier alpha value is -3.55. The minimum absolute atomic E-state index is 0.0290. The molecule has 3 amide bonds. The monoisotopic (exact) mass is 356 g/mol. The summed E-state index contributed by atoms with van der Waals surface area (Å²) < 4.78 is 15.4. The number of fused-ring (bicyclic) bond motifs is 1. The largest absolute Gasteiger partial charge is 0.467 e. The van der Waals surface area contributed by atoms with E-state index in [0.29, 0.717) is 16.9 Å². The number of aryl methyl sites for hydroxylation is 1. The molecule has 0 bridgehead atoms. The molecule has 3 rings (SSSR count). The molecule has 0 aliphatic rings. The second-order valence-corrected chi connectivity index (χ2v) is 5.44. The van der Waals surface area contributed by atoms with E-state index in [4.69, 9.17) is 13.6 Å². The number of ether oxygens (including phenoxy) is 1. The molecule has 0 saturated heterocycles. The molecule has 2 heterocycles. The Morgan fingerprint density at radius 2 is 1.92 bits per heavy atom. The molecule has 0 unspecified atom stereocenters. The lowest BCUT2D eigenvalue weighted by molar-refractivity contribution is -0.123. The van der Waals surface area contributed by atoms with Crippen LogP contribution in [0.15, 0.2) is 51.5 Å². The van der Waals surface area contributed by atoms with Gasteiger partial charge in [-0.25, -0.2) is 9.59 Å². The highest BCUT2D eigenvalue weighted by molar-refractivity contribution is 5.98. The predicted octanol–water partition coefficient (Wildman–Crippen LogP) is 2.52. The van der Waals surface area contributed by atoms with Crippen LogP contribution < -0.4 is 10.6 Å². The molecule has 0 saturated carbocycles. The molecule has 0 aliphatic carbocycles. The number of imide groups is 1. The molecule has 1 aromatic carbocycles. The number of nitrogens with one attached hydrogen (secondary N) is 2. The Kier molecular flexibility index (Phi) is 5.02. The van der Waals surface area contributed by atoms with Gasteiger partial charge in [-0.1, -0.05) is 18.2 Å². The molecule has 134 valence electrons. The number of hydrogen-bond acceptors (Lipinski definition) is 6. The SMILES string of the molecule is Cc1c(C(=O)OCC(=O)NC(=O)NCc2ccco2)oc2ccccc12. The predicted molar refractivity (Wildman–Crippen MR) is 90.3 cm³/mol. The Balaban J connectivity index is 1.49. The summed E-state index contributed by atoms with van der Waals surface area (Å²) in [6.07, 6.45) is 1.47. The summed E-state index contributed by atoms with van der Waals surface area (Å²) in [6.45, 7) is 1.25. The van der Waals surface area contributed by atoms with Crippen molar-refractivity contribution in [2.75, 3.05) is 6.61 Å². The van der Waals surface area contributed by atoms with Crippen LogP contribution in [-0.4, -0.2) is 24.5 Å². The molecule has 8 heteroatoms. The zero-order valence-electron chi connectivity index (χ0n) is 13.9. The first-order valence-electron chi connectivity index (χ1n) is 7.80. The summed E-state index contributed by atoms with van der Waals surface area (Å²) in [7, 11) is 0. The summed E-state index contributed by atoms with van der Waals surface area (Å²) in [5.74, 6) is -0.963. The molecule has 0 radical (unpaired) electrons. The van der Waals surface area contributed by atoms with E-state index in [1.54, 1.807) is 31.2 Å². The van der Waals surface area contributed by atoms with Crippen LogP contribution in [0.3, 0.4) is 0 Å². The molecule has 3 aromatic rings. The van der Waals surface area contributed by atoms with Crippen molar-refractivity contribution in [1.82, 2.24) is 10.6 Å². The topological polar surface area (TPSA) is 111 Å². The van der Waals surface area contributed by atoms with Crippen LogP contribution in [-0.2, 0) is 16.1 Å². The Labute approximate surface area is 148 Å². The molecule has 2 N–H and O–H groups in total. The Bertz CT molecular complexity index is 942. The van der Waals surface area contributed by atoms with E-state index in [2.05, 4.69) is 10.6 Å². The fraction of sp³-hybridized carbons (Fsp3) is 0.167. The van der Waals surface area contributed by atoms with Gasteiger partial charge < -0.3 is 18.9 Å². The van der Waals surface area contributed by atoms with E-state index in [1.807, 2.05) is 12.1 Å². The lowest BCUT2D eigenvalue weighted by atomic mass is 10.1. The third kappa shape index (κ3) is 3.92. The van der Waals surface area contributed by atoms with Crippen LogP contribution in [0.5, 0.6) is 0 Å². The molecule has 2 aromatic heterocycles. The van der Waals surface area contributed by atoms with Crippen molar-refractivity contribution in [3.05, 3.63) is 59.7 Å². The quantitative estimate of drug-likeness (QED) is 0.680. The third-order valence-electron chi connectivity index (χ3n) is 3.62. The number of rotatable bonds is 5. The van der Waals surface area contributed by atoms with Crippen molar-refractivity contribution >= 4 is 28.9 Å². The summed E-state index contributed by atoms with van der Waals surface area (Å²) in [4.78, 5) is 35.4. The maximum atomic E-state index is 12.1. The van der Waals surface area contributed by atoms with Crippen molar-refractivity contribution in [2.24, 2.45) is 0 Å². The van der Waals surface area contributed by atoms with Gasteiger partial charge in [0.1, 0.15) is 11.3 Å². The van der Waals surface area contributed by atoms with Gasteiger partial charge >= 0.3 is 12.0 Å². The zero-order chi connectivity index (χ0) is 18.5. The smallest absolute Gasteiger partial charge is 0.375 e. The fourth-order valence-corrected chi connectivity index (χ4v) is 2.35. The van der Waals surface area contributed by atoms with Gasteiger partial charge in [-0.05, 0) is 25.1 Å². The number of para-hydroxylation sites is 1. The first-order valence-corrected chi connectivity index (χ1v) is 7.80. The number of hydrogen-bond donors (Lipinski definition) is 2. The minimum atomic E-state index is -0.773. The van der Waals surface area contributed by atoms with Gasteiger partial charge in [-0.15, -0.1) is 0 Å². The zero-order valence-corrected chi connectivity index (χ0v) is 13.9. The molecule has 0 spiro atoms. The van der Waals surface area contributed by atoms with Gasteiger partial charge in [0.05, 0.1) is 12.8 Å². The molecule has 0 fully saturated rings. The Morgan fingerprint density at radius 3 is 2.65 bits per heavy atom. The maximum absolute atomic E-state index is 12.1. The van der Waals surface area contributed by atoms with Gasteiger partial charge in [-0.2, -0.15) is 0 Å². The van der Waals surface area contributed by atoms with Gasteiger partial charge in [0.2, 0.25) is 5.76 Å².